The molecule has 0 aliphatic carbocycles. The monoisotopic (exact) mass is 202 g/mol. The van der Waals surface area contributed by atoms with E-state index in [9.17, 15) is 4.79 Å². The SMILES string of the molecule is CCOCCNCC(C)(C)C(=O)NC. The van der Waals surface area contributed by atoms with Crippen LogP contribution in [-0.4, -0.2) is 39.3 Å². The molecule has 0 saturated carbocycles. The van der Waals surface area contributed by atoms with E-state index in [0.29, 0.717) is 13.2 Å². The lowest BCUT2D eigenvalue weighted by Crippen LogP contribution is -2.42. The van der Waals surface area contributed by atoms with E-state index in [4.69, 9.17) is 4.74 Å². The summed E-state index contributed by atoms with van der Waals surface area (Å²) in [5, 5.41) is 5.84. The molecule has 4 heteroatoms. The zero-order chi connectivity index (χ0) is 11.0. The van der Waals surface area contributed by atoms with Gasteiger partial charge in [-0.3, -0.25) is 4.79 Å². The number of carbonyl (C=O) groups excluding carboxylic acids is 1. The number of hydrogen-bond donors (Lipinski definition) is 2. The fraction of sp³-hybridized carbons (Fsp3) is 0.900. The van der Waals surface area contributed by atoms with Gasteiger partial charge in [0, 0.05) is 26.7 Å². The minimum Gasteiger partial charge on any atom is -0.380 e. The molecule has 0 aromatic rings. The number of ether oxygens (including phenoxy) is 1. The van der Waals surface area contributed by atoms with Crippen LogP contribution in [0.4, 0.5) is 0 Å². The van der Waals surface area contributed by atoms with E-state index in [0.717, 1.165) is 13.2 Å². The van der Waals surface area contributed by atoms with E-state index >= 15 is 0 Å². The summed E-state index contributed by atoms with van der Waals surface area (Å²) in [5.41, 5.74) is -0.360. The predicted molar refractivity (Wildman–Crippen MR) is 57.2 cm³/mol. The lowest BCUT2D eigenvalue weighted by atomic mass is 9.92. The van der Waals surface area contributed by atoms with Gasteiger partial charge in [0.15, 0.2) is 0 Å². The highest BCUT2D eigenvalue weighted by Crippen LogP contribution is 2.12. The maximum Gasteiger partial charge on any atom is 0.226 e. The molecule has 0 aliphatic rings. The summed E-state index contributed by atoms with van der Waals surface area (Å²) in [6, 6.07) is 0. The molecule has 4 nitrogen and oxygen atoms in total. The Labute approximate surface area is 86.4 Å². The van der Waals surface area contributed by atoms with Gasteiger partial charge in [0.1, 0.15) is 0 Å². The number of nitrogens with one attached hydrogen (secondary N) is 2. The molecule has 0 aromatic heterocycles. The van der Waals surface area contributed by atoms with Crippen molar-refractivity contribution in [2.75, 3.05) is 33.4 Å². The van der Waals surface area contributed by atoms with Crippen molar-refractivity contribution in [3.63, 3.8) is 0 Å². The second kappa shape index (κ2) is 6.79. The lowest BCUT2D eigenvalue weighted by molar-refractivity contribution is -0.128. The minimum absolute atomic E-state index is 0.0569. The molecule has 0 aliphatic heterocycles. The quantitative estimate of drug-likeness (QED) is 0.587. The van der Waals surface area contributed by atoms with Gasteiger partial charge in [-0.1, -0.05) is 0 Å². The fourth-order valence-corrected chi connectivity index (χ4v) is 1.11. The van der Waals surface area contributed by atoms with Crippen LogP contribution in [0.2, 0.25) is 0 Å². The molecular formula is C10H22N2O2. The third-order valence-corrected chi connectivity index (χ3v) is 2.04. The summed E-state index contributed by atoms with van der Waals surface area (Å²) >= 11 is 0. The molecule has 1 amide bonds. The van der Waals surface area contributed by atoms with Crippen LogP contribution in [0.5, 0.6) is 0 Å². The van der Waals surface area contributed by atoms with Gasteiger partial charge in [-0.15, -0.1) is 0 Å². The van der Waals surface area contributed by atoms with Crippen LogP contribution in [0.25, 0.3) is 0 Å². The Bertz CT molecular complexity index is 170. The predicted octanol–water partition coefficient (Wildman–Crippen LogP) is 0.385. The lowest BCUT2D eigenvalue weighted by Gasteiger charge is -2.22. The zero-order valence-corrected chi connectivity index (χ0v) is 9.64. The Hall–Kier alpha value is -0.610. The van der Waals surface area contributed by atoms with Crippen molar-refractivity contribution in [1.29, 1.82) is 0 Å². The van der Waals surface area contributed by atoms with E-state index < -0.39 is 0 Å². The molecule has 14 heavy (non-hydrogen) atoms. The van der Waals surface area contributed by atoms with Gasteiger partial charge >= 0.3 is 0 Å². The van der Waals surface area contributed by atoms with Crippen molar-refractivity contribution in [3.8, 4) is 0 Å². The van der Waals surface area contributed by atoms with Crippen molar-refractivity contribution in [1.82, 2.24) is 10.6 Å². The highest BCUT2D eigenvalue weighted by atomic mass is 16.5. The average Bonchev–Trinajstić information content (AvgIpc) is 2.16. The molecule has 0 spiro atoms. The van der Waals surface area contributed by atoms with Gasteiger partial charge in [-0.05, 0) is 20.8 Å². The molecule has 0 rings (SSSR count). The molecule has 0 radical (unpaired) electrons. The van der Waals surface area contributed by atoms with Crippen molar-refractivity contribution < 1.29 is 9.53 Å². The normalized spacial score (nSPS) is 11.4. The first-order chi connectivity index (χ1) is 6.54. The maximum absolute atomic E-state index is 11.4. The van der Waals surface area contributed by atoms with Gasteiger partial charge in [0.25, 0.3) is 0 Å². The van der Waals surface area contributed by atoms with Gasteiger partial charge in [-0.2, -0.15) is 0 Å². The van der Waals surface area contributed by atoms with E-state index in [2.05, 4.69) is 10.6 Å². The molecule has 0 heterocycles. The van der Waals surface area contributed by atoms with Crippen LogP contribution in [0.1, 0.15) is 20.8 Å². The third kappa shape index (κ3) is 5.19. The van der Waals surface area contributed by atoms with Crippen molar-refractivity contribution in [2.24, 2.45) is 5.41 Å². The van der Waals surface area contributed by atoms with Crippen LogP contribution in [0.3, 0.4) is 0 Å². The minimum atomic E-state index is -0.360. The van der Waals surface area contributed by atoms with Gasteiger partial charge in [-0.25, -0.2) is 0 Å². The molecule has 84 valence electrons. The first kappa shape index (κ1) is 13.4. The smallest absolute Gasteiger partial charge is 0.226 e. The summed E-state index contributed by atoms with van der Waals surface area (Å²) in [7, 11) is 1.66. The first-order valence-electron chi connectivity index (χ1n) is 5.05. The molecule has 0 saturated heterocycles. The second-order valence-electron chi connectivity index (χ2n) is 3.84. The Morgan fingerprint density at radius 2 is 2.07 bits per heavy atom. The summed E-state index contributed by atoms with van der Waals surface area (Å²) in [6.45, 7) is 8.68. The standard InChI is InChI=1S/C10H22N2O2/c1-5-14-7-6-12-8-10(2,3)9(13)11-4/h12H,5-8H2,1-4H3,(H,11,13). The molecule has 0 fully saturated rings. The number of hydrogen-bond acceptors (Lipinski definition) is 3. The molecule has 0 atom stereocenters. The van der Waals surface area contributed by atoms with Crippen LogP contribution in [0.15, 0.2) is 0 Å². The van der Waals surface area contributed by atoms with Crippen LogP contribution < -0.4 is 10.6 Å². The van der Waals surface area contributed by atoms with E-state index in [-0.39, 0.29) is 11.3 Å². The molecule has 0 unspecified atom stereocenters. The maximum atomic E-state index is 11.4. The van der Waals surface area contributed by atoms with Gasteiger partial charge in [0.2, 0.25) is 5.91 Å². The Kier molecular flexibility index (Phi) is 6.49. The number of carbonyl (C=O) groups is 1. The van der Waals surface area contributed by atoms with E-state index in [1.165, 1.54) is 0 Å². The molecule has 0 aromatic carbocycles. The van der Waals surface area contributed by atoms with Crippen molar-refractivity contribution in [2.45, 2.75) is 20.8 Å². The van der Waals surface area contributed by atoms with Gasteiger partial charge in [0.05, 0.1) is 12.0 Å². The largest absolute Gasteiger partial charge is 0.380 e. The highest BCUT2D eigenvalue weighted by molar-refractivity contribution is 5.81. The molecule has 2 N–H and O–H groups in total. The molecule has 0 bridgehead atoms. The van der Waals surface area contributed by atoms with Crippen LogP contribution in [0, 0.1) is 5.41 Å². The van der Waals surface area contributed by atoms with E-state index in [1.54, 1.807) is 7.05 Å². The van der Waals surface area contributed by atoms with Crippen molar-refractivity contribution >= 4 is 5.91 Å². The Balaban J connectivity index is 3.60. The molecular weight excluding hydrogens is 180 g/mol. The summed E-state index contributed by atoms with van der Waals surface area (Å²) in [5.74, 6) is 0.0569. The summed E-state index contributed by atoms with van der Waals surface area (Å²) < 4.78 is 5.17. The van der Waals surface area contributed by atoms with E-state index in [1.807, 2.05) is 20.8 Å². The van der Waals surface area contributed by atoms with Crippen LogP contribution >= 0.6 is 0 Å². The number of rotatable bonds is 7. The second-order valence-corrected chi connectivity index (χ2v) is 3.84. The van der Waals surface area contributed by atoms with Crippen molar-refractivity contribution in [3.05, 3.63) is 0 Å². The highest BCUT2D eigenvalue weighted by Gasteiger charge is 2.25. The first-order valence-corrected chi connectivity index (χ1v) is 5.05. The van der Waals surface area contributed by atoms with Crippen LogP contribution in [-0.2, 0) is 9.53 Å². The van der Waals surface area contributed by atoms with Gasteiger partial charge < -0.3 is 15.4 Å². The summed E-state index contributed by atoms with van der Waals surface area (Å²) in [4.78, 5) is 11.4. The zero-order valence-electron chi connectivity index (χ0n) is 9.64. The average molecular weight is 202 g/mol. The third-order valence-electron chi connectivity index (χ3n) is 2.04. The fourth-order valence-electron chi connectivity index (χ4n) is 1.11. The number of amides is 1. The summed E-state index contributed by atoms with van der Waals surface area (Å²) in [6.07, 6.45) is 0. The topological polar surface area (TPSA) is 50.4 Å². The Morgan fingerprint density at radius 3 is 2.57 bits per heavy atom. The Morgan fingerprint density at radius 1 is 1.43 bits per heavy atom.